The number of nitrogens with one attached hydrogen (secondary N) is 1. The molecule has 2 aliphatic rings. The Balaban J connectivity index is 1.24. The highest BCUT2D eigenvalue weighted by molar-refractivity contribution is 7.88. The smallest absolute Gasteiger partial charge is 0.414 e. The van der Waals surface area contributed by atoms with Crippen molar-refractivity contribution in [3.63, 3.8) is 0 Å². The molecular weight excluding hydrogens is 512 g/mol. The van der Waals surface area contributed by atoms with Crippen LogP contribution < -0.4 is 23.8 Å². The number of aromatic nitrogens is 2. The molecule has 0 radical (unpaired) electrons. The van der Waals surface area contributed by atoms with Crippen LogP contribution in [0.2, 0.25) is 0 Å². The van der Waals surface area contributed by atoms with Crippen molar-refractivity contribution in [2.24, 2.45) is 0 Å². The number of benzene rings is 1. The van der Waals surface area contributed by atoms with Gasteiger partial charge in [0.1, 0.15) is 19.3 Å². The Labute approximate surface area is 221 Å². The standard InChI is InChI=1S/C26H30N4O7S/c1-34-24-10-8-21-25(28-24)17(11-12-27-21)3-4-18(29-38(2,32)33)5-7-20-16-30(26(31)37-20)19-6-9-22-23(15-19)36-14-13-35-22/h6,8-12,15,18,20,29H,3-5,7,13-14,16H2,1-2H3/t18-,20?/m1/s1. The Morgan fingerprint density at radius 2 is 1.95 bits per heavy atom. The minimum Gasteiger partial charge on any atom is -0.486 e. The van der Waals surface area contributed by atoms with Crippen molar-refractivity contribution in [3.8, 4) is 17.4 Å². The molecule has 1 unspecified atom stereocenters. The fourth-order valence-electron chi connectivity index (χ4n) is 4.74. The average molecular weight is 543 g/mol. The van der Waals surface area contributed by atoms with Crippen LogP contribution in [0.3, 0.4) is 0 Å². The zero-order valence-corrected chi connectivity index (χ0v) is 22.1. The number of hydrogen-bond donors (Lipinski definition) is 1. The van der Waals surface area contributed by atoms with E-state index in [1.807, 2.05) is 12.1 Å². The van der Waals surface area contributed by atoms with Gasteiger partial charge < -0.3 is 18.9 Å². The van der Waals surface area contributed by atoms with Crippen LogP contribution in [0, 0.1) is 0 Å². The van der Waals surface area contributed by atoms with Crippen molar-refractivity contribution in [2.45, 2.75) is 37.8 Å². The SMILES string of the molecule is COc1ccc2nccc(CC[C@H](CCC3CN(c4ccc5c(c4)OCCO5)C(=O)O3)NS(C)(=O)=O)c2n1. The van der Waals surface area contributed by atoms with Gasteiger partial charge in [0, 0.05) is 24.4 Å². The van der Waals surface area contributed by atoms with E-state index in [0.29, 0.717) is 68.5 Å². The fraction of sp³-hybridized carbons (Fsp3) is 0.423. The molecule has 1 fully saturated rings. The molecule has 202 valence electrons. The Hall–Kier alpha value is -3.64. The number of cyclic esters (lactones) is 1. The molecular formula is C26H30N4O7S. The first-order valence-electron chi connectivity index (χ1n) is 12.4. The van der Waals surface area contributed by atoms with Gasteiger partial charge in [-0.2, -0.15) is 0 Å². The van der Waals surface area contributed by atoms with E-state index in [1.165, 1.54) is 0 Å². The maximum Gasteiger partial charge on any atom is 0.414 e. The van der Waals surface area contributed by atoms with E-state index in [2.05, 4.69) is 14.7 Å². The first-order valence-corrected chi connectivity index (χ1v) is 14.3. The minimum atomic E-state index is -3.44. The molecule has 1 amide bonds. The molecule has 1 N–H and O–H groups in total. The van der Waals surface area contributed by atoms with Crippen molar-refractivity contribution in [1.29, 1.82) is 0 Å². The van der Waals surface area contributed by atoms with Gasteiger partial charge in [0.05, 0.1) is 36.6 Å². The predicted octanol–water partition coefficient (Wildman–Crippen LogP) is 3.07. The highest BCUT2D eigenvalue weighted by atomic mass is 32.2. The van der Waals surface area contributed by atoms with E-state index >= 15 is 0 Å². The first-order chi connectivity index (χ1) is 18.3. The van der Waals surface area contributed by atoms with Crippen LogP contribution in [0.15, 0.2) is 42.6 Å². The van der Waals surface area contributed by atoms with Crippen LogP contribution in [0.4, 0.5) is 10.5 Å². The molecule has 4 heterocycles. The van der Waals surface area contributed by atoms with Crippen LogP contribution in [0.5, 0.6) is 17.4 Å². The van der Waals surface area contributed by atoms with Crippen LogP contribution in [0.1, 0.15) is 24.8 Å². The quantitative estimate of drug-likeness (QED) is 0.411. The van der Waals surface area contributed by atoms with Crippen molar-refractivity contribution in [1.82, 2.24) is 14.7 Å². The van der Waals surface area contributed by atoms with Crippen LogP contribution in [0.25, 0.3) is 11.0 Å². The van der Waals surface area contributed by atoms with Gasteiger partial charge in [0.2, 0.25) is 15.9 Å². The average Bonchev–Trinajstić information content (AvgIpc) is 3.29. The molecule has 5 rings (SSSR count). The topological polar surface area (TPSA) is 129 Å². The number of hydrogen-bond acceptors (Lipinski definition) is 9. The third-order valence-corrected chi connectivity index (χ3v) is 7.30. The molecule has 0 bridgehead atoms. The maximum absolute atomic E-state index is 12.6. The van der Waals surface area contributed by atoms with E-state index in [1.54, 1.807) is 42.5 Å². The normalized spacial score (nSPS) is 17.9. The van der Waals surface area contributed by atoms with Crippen LogP contribution in [-0.4, -0.2) is 69.7 Å². The van der Waals surface area contributed by atoms with Gasteiger partial charge >= 0.3 is 6.09 Å². The third-order valence-electron chi connectivity index (χ3n) is 6.54. The summed E-state index contributed by atoms with van der Waals surface area (Å²) in [5.41, 5.74) is 3.09. The third kappa shape index (κ3) is 6.08. The largest absolute Gasteiger partial charge is 0.486 e. The summed E-state index contributed by atoms with van der Waals surface area (Å²) in [6.45, 7) is 1.31. The van der Waals surface area contributed by atoms with Crippen molar-refractivity contribution >= 4 is 32.8 Å². The van der Waals surface area contributed by atoms with Crippen molar-refractivity contribution in [3.05, 3.63) is 48.2 Å². The lowest BCUT2D eigenvalue weighted by atomic mass is 10.0. The summed E-state index contributed by atoms with van der Waals surface area (Å²) < 4.78 is 48.9. The van der Waals surface area contributed by atoms with Crippen LogP contribution in [-0.2, 0) is 21.2 Å². The van der Waals surface area contributed by atoms with Crippen molar-refractivity contribution in [2.75, 3.05) is 38.0 Å². The summed E-state index contributed by atoms with van der Waals surface area (Å²) in [7, 11) is -1.89. The molecule has 0 spiro atoms. The maximum atomic E-state index is 12.6. The number of anilines is 1. The van der Waals surface area contributed by atoms with E-state index in [0.717, 1.165) is 22.9 Å². The summed E-state index contributed by atoms with van der Waals surface area (Å²) in [6, 6.07) is 10.5. The predicted molar refractivity (Wildman–Crippen MR) is 140 cm³/mol. The van der Waals surface area contributed by atoms with Crippen LogP contribution >= 0.6 is 0 Å². The summed E-state index contributed by atoms with van der Waals surface area (Å²) in [5, 5.41) is 0. The van der Waals surface area contributed by atoms with Gasteiger partial charge in [0.15, 0.2) is 11.5 Å². The molecule has 2 atom stereocenters. The van der Waals surface area contributed by atoms with Gasteiger partial charge in [-0.25, -0.2) is 22.9 Å². The van der Waals surface area contributed by atoms with Gasteiger partial charge in [-0.05, 0) is 55.5 Å². The Kier molecular flexibility index (Phi) is 7.52. The number of ether oxygens (including phenoxy) is 4. The van der Waals surface area contributed by atoms with Gasteiger partial charge in [0.25, 0.3) is 0 Å². The Bertz CT molecular complexity index is 1430. The number of amides is 1. The fourth-order valence-corrected chi connectivity index (χ4v) is 5.58. The number of carbonyl (C=O) groups excluding carboxylic acids is 1. The molecule has 0 aliphatic carbocycles. The molecule has 1 aromatic carbocycles. The highest BCUT2D eigenvalue weighted by Gasteiger charge is 2.33. The van der Waals surface area contributed by atoms with Gasteiger partial charge in [-0.1, -0.05) is 0 Å². The Morgan fingerprint density at radius 3 is 2.74 bits per heavy atom. The molecule has 38 heavy (non-hydrogen) atoms. The van der Waals surface area contributed by atoms with Crippen molar-refractivity contribution < 1.29 is 32.2 Å². The summed E-state index contributed by atoms with van der Waals surface area (Å²) >= 11 is 0. The molecule has 1 saturated heterocycles. The second-order valence-electron chi connectivity index (χ2n) is 9.34. The monoisotopic (exact) mass is 542 g/mol. The molecule has 11 nitrogen and oxygen atoms in total. The number of methoxy groups -OCH3 is 1. The second kappa shape index (κ2) is 11.0. The molecule has 2 aliphatic heterocycles. The van der Waals surface area contributed by atoms with Gasteiger partial charge in [-0.15, -0.1) is 0 Å². The zero-order valence-electron chi connectivity index (χ0n) is 21.3. The molecule has 12 heteroatoms. The lowest BCUT2D eigenvalue weighted by Gasteiger charge is -2.21. The van der Waals surface area contributed by atoms with E-state index in [4.69, 9.17) is 18.9 Å². The number of rotatable bonds is 10. The second-order valence-corrected chi connectivity index (χ2v) is 11.1. The lowest BCUT2D eigenvalue weighted by Crippen LogP contribution is -2.35. The summed E-state index contributed by atoms with van der Waals surface area (Å²) in [5.74, 6) is 1.73. The number of fused-ring (bicyclic) bond motifs is 2. The first kappa shape index (κ1) is 26.0. The number of pyridine rings is 2. The molecule has 3 aromatic rings. The number of nitrogens with zero attached hydrogens (tertiary/aromatic N) is 3. The Morgan fingerprint density at radius 1 is 1.13 bits per heavy atom. The highest BCUT2D eigenvalue weighted by Crippen LogP contribution is 2.35. The summed E-state index contributed by atoms with van der Waals surface area (Å²) in [4.78, 5) is 23.1. The molecule has 0 saturated carbocycles. The molecule has 2 aromatic heterocycles. The van der Waals surface area contributed by atoms with E-state index < -0.39 is 16.1 Å². The number of sulfonamides is 1. The van der Waals surface area contributed by atoms with Gasteiger partial charge in [-0.3, -0.25) is 9.88 Å². The number of aryl methyl sites for hydroxylation is 1. The van der Waals surface area contributed by atoms with E-state index in [9.17, 15) is 13.2 Å². The van der Waals surface area contributed by atoms with E-state index in [-0.39, 0.29) is 12.1 Å². The lowest BCUT2D eigenvalue weighted by molar-refractivity contribution is 0.133. The number of carbonyl (C=O) groups is 1. The summed E-state index contributed by atoms with van der Waals surface area (Å²) in [6.07, 6.45) is 4.18. The zero-order chi connectivity index (χ0) is 26.7. The minimum absolute atomic E-state index is 0.346.